The van der Waals surface area contributed by atoms with Crippen molar-refractivity contribution in [2.45, 2.75) is 38.0 Å². The fourth-order valence-electron chi connectivity index (χ4n) is 2.68. The van der Waals surface area contributed by atoms with Crippen LogP contribution in [0.1, 0.15) is 43.2 Å². The van der Waals surface area contributed by atoms with Gasteiger partial charge in [-0.1, -0.05) is 12.1 Å². The molecule has 1 atom stereocenters. The van der Waals surface area contributed by atoms with E-state index in [-0.39, 0.29) is 17.9 Å². The van der Waals surface area contributed by atoms with Gasteiger partial charge in [-0.05, 0) is 24.8 Å². The van der Waals surface area contributed by atoms with Gasteiger partial charge in [0.2, 0.25) is 0 Å². The molecule has 1 saturated carbocycles. The first-order valence-corrected chi connectivity index (χ1v) is 6.61. The molecule has 0 amide bonds. The molecule has 1 aromatic carbocycles. The second kappa shape index (κ2) is 5.38. The van der Waals surface area contributed by atoms with Gasteiger partial charge in [-0.2, -0.15) is 0 Å². The van der Waals surface area contributed by atoms with Crippen LogP contribution in [0.15, 0.2) is 18.2 Å². The lowest BCUT2D eigenvalue weighted by molar-refractivity contribution is -0.137. The van der Waals surface area contributed by atoms with Crippen LogP contribution in [-0.4, -0.2) is 18.2 Å². The number of hydrogen-bond acceptors (Lipinski definition) is 2. The van der Waals surface area contributed by atoms with E-state index >= 15 is 0 Å². The number of benzene rings is 1. The molecule has 1 aromatic rings. The van der Waals surface area contributed by atoms with Gasteiger partial charge in [0.25, 0.3) is 5.92 Å². The lowest BCUT2D eigenvalue weighted by Gasteiger charge is -2.24. The van der Waals surface area contributed by atoms with Gasteiger partial charge in [-0.3, -0.25) is 4.79 Å². The molecule has 0 bridgehead atoms. The van der Waals surface area contributed by atoms with Crippen molar-refractivity contribution in [3.63, 3.8) is 0 Å². The predicted molar refractivity (Wildman–Crippen MR) is 70.3 cm³/mol. The average molecular weight is 284 g/mol. The summed E-state index contributed by atoms with van der Waals surface area (Å²) in [5.74, 6) is -3.90. The summed E-state index contributed by atoms with van der Waals surface area (Å²) in [5.41, 5.74) is 0.224. The number of carboxylic acids is 1. The number of alkyl halides is 2. The molecular weight excluding hydrogens is 266 g/mol. The van der Waals surface area contributed by atoms with E-state index in [2.05, 4.69) is 0 Å². The molecule has 110 valence electrons. The highest BCUT2D eigenvalue weighted by Crippen LogP contribution is 2.50. The van der Waals surface area contributed by atoms with Crippen molar-refractivity contribution in [3.05, 3.63) is 29.3 Å². The Morgan fingerprint density at radius 1 is 1.50 bits per heavy atom. The van der Waals surface area contributed by atoms with Crippen LogP contribution in [0, 0.1) is 5.92 Å². The van der Waals surface area contributed by atoms with Gasteiger partial charge in [0.1, 0.15) is 5.75 Å². The first kappa shape index (κ1) is 14.8. The molecule has 2 rings (SSSR count). The second-order valence-corrected chi connectivity index (χ2v) is 5.35. The van der Waals surface area contributed by atoms with Gasteiger partial charge in [-0.25, -0.2) is 8.78 Å². The zero-order valence-electron chi connectivity index (χ0n) is 11.5. The quantitative estimate of drug-likeness (QED) is 0.864. The minimum absolute atomic E-state index is 0.130. The summed E-state index contributed by atoms with van der Waals surface area (Å²) < 4.78 is 32.8. The summed E-state index contributed by atoms with van der Waals surface area (Å²) in [4.78, 5) is 11.0. The van der Waals surface area contributed by atoms with Crippen molar-refractivity contribution in [2.75, 3.05) is 7.11 Å². The van der Waals surface area contributed by atoms with Crippen molar-refractivity contribution in [2.24, 2.45) is 5.92 Å². The van der Waals surface area contributed by atoms with Crippen LogP contribution in [0.5, 0.6) is 5.75 Å². The Bertz CT molecular complexity index is 504. The van der Waals surface area contributed by atoms with E-state index in [4.69, 9.17) is 9.84 Å². The van der Waals surface area contributed by atoms with Gasteiger partial charge >= 0.3 is 5.97 Å². The molecule has 0 aliphatic heterocycles. The van der Waals surface area contributed by atoms with Crippen molar-refractivity contribution in [1.82, 2.24) is 0 Å². The number of carboxylic acid groups (broad SMARTS) is 1. The van der Waals surface area contributed by atoms with Gasteiger partial charge in [0.05, 0.1) is 13.5 Å². The van der Waals surface area contributed by atoms with E-state index < -0.39 is 17.8 Å². The first-order chi connectivity index (χ1) is 9.34. The Labute approximate surface area is 116 Å². The Balaban J connectivity index is 2.53. The zero-order valence-corrected chi connectivity index (χ0v) is 11.5. The van der Waals surface area contributed by atoms with E-state index in [1.54, 1.807) is 6.07 Å². The number of ether oxygens (including phenoxy) is 1. The maximum atomic E-state index is 13.8. The highest BCUT2D eigenvalue weighted by atomic mass is 19.3. The van der Waals surface area contributed by atoms with Crippen molar-refractivity contribution >= 4 is 5.97 Å². The summed E-state index contributed by atoms with van der Waals surface area (Å²) in [6.45, 7) is 0.829. The topological polar surface area (TPSA) is 46.5 Å². The third-order valence-electron chi connectivity index (χ3n) is 3.72. The fourth-order valence-corrected chi connectivity index (χ4v) is 2.68. The molecule has 20 heavy (non-hydrogen) atoms. The number of methoxy groups -OCH3 is 1. The Kier molecular flexibility index (Phi) is 3.97. The van der Waals surface area contributed by atoms with E-state index in [9.17, 15) is 13.6 Å². The van der Waals surface area contributed by atoms with E-state index in [0.29, 0.717) is 11.3 Å². The molecule has 0 heterocycles. The monoisotopic (exact) mass is 284 g/mol. The third-order valence-corrected chi connectivity index (χ3v) is 3.72. The Morgan fingerprint density at radius 3 is 2.60 bits per heavy atom. The lowest BCUT2D eigenvalue weighted by Crippen LogP contribution is -2.17. The van der Waals surface area contributed by atoms with Gasteiger partial charge in [0, 0.05) is 24.0 Å². The normalized spacial score (nSPS) is 16.8. The van der Waals surface area contributed by atoms with Crippen LogP contribution in [0.3, 0.4) is 0 Å². The summed E-state index contributed by atoms with van der Waals surface area (Å²) in [6, 6.07) is 4.48. The number of rotatable bonds is 6. The molecular formula is C15H18F2O3. The third kappa shape index (κ3) is 3.08. The lowest BCUT2D eigenvalue weighted by atomic mass is 9.85. The maximum absolute atomic E-state index is 13.8. The minimum Gasteiger partial charge on any atom is -0.496 e. The SMILES string of the molecule is COc1cccc(C(C)(F)F)c1C(CC(=O)O)C1CC1. The molecule has 0 saturated heterocycles. The van der Waals surface area contributed by atoms with Crippen LogP contribution >= 0.6 is 0 Å². The number of halogens is 2. The molecule has 1 fully saturated rings. The van der Waals surface area contributed by atoms with Crippen LogP contribution in [0.2, 0.25) is 0 Å². The van der Waals surface area contributed by atoms with Crippen LogP contribution in [0.4, 0.5) is 8.78 Å². The van der Waals surface area contributed by atoms with E-state index in [1.807, 2.05) is 0 Å². The number of carbonyl (C=O) groups is 1. The second-order valence-electron chi connectivity index (χ2n) is 5.35. The molecule has 5 heteroatoms. The standard InChI is InChI=1S/C15H18F2O3/c1-15(16,17)11-4-3-5-12(20-2)14(11)10(8-13(18)19)9-6-7-9/h3-5,9-10H,6-8H2,1-2H3,(H,18,19). The van der Waals surface area contributed by atoms with Gasteiger partial charge in [0.15, 0.2) is 0 Å². The largest absolute Gasteiger partial charge is 0.496 e. The minimum atomic E-state index is -3.02. The summed E-state index contributed by atoms with van der Waals surface area (Å²) in [5, 5.41) is 9.05. The summed E-state index contributed by atoms with van der Waals surface area (Å²) in [6.07, 6.45) is 1.61. The molecule has 0 radical (unpaired) electrons. The summed E-state index contributed by atoms with van der Waals surface area (Å²) in [7, 11) is 1.42. The van der Waals surface area contributed by atoms with E-state index in [1.165, 1.54) is 19.2 Å². The van der Waals surface area contributed by atoms with Crippen LogP contribution < -0.4 is 4.74 Å². The highest BCUT2D eigenvalue weighted by Gasteiger charge is 2.40. The molecule has 1 aliphatic carbocycles. The number of aliphatic carboxylic acids is 1. The fraction of sp³-hybridized carbons (Fsp3) is 0.533. The smallest absolute Gasteiger partial charge is 0.303 e. The molecule has 0 spiro atoms. The van der Waals surface area contributed by atoms with Crippen molar-refractivity contribution < 1.29 is 23.4 Å². The van der Waals surface area contributed by atoms with E-state index in [0.717, 1.165) is 19.8 Å². The Hall–Kier alpha value is -1.65. The first-order valence-electron chi connectivity index (χ1n) is 6.61. The molecule has 1 aliphatic rings. The summed E-state index contributed by atoms with van der Waals surface area (Å²) >= 11 is 0. The van der Waals surface area contributed by atoms with Crippen LogP contribution in [0.25, 0.3) is 0 Å². The number of hydrogen-bond donors (Lipinski definition) is 1. The average Bonchev–Trinajstić information content (AvgIpc) is 3.18. The Morgan fingerprint density at radius 2 is 2.15 bits per heavy atom. The molecule has 3 nitrogen and oxygen atoms in total. The van der Waals surface area contributed by atoms with Crippen molar-refractivity contribution in [3.8, 4) is 5.75 Å². The molecule has 1 N–H and O–H groups in total. The van der Waals surface area contributed by atoms with Crippen molar-refractivity contribution in [1.29, 1.82) is 0 Å². The zero-order chi connectivity index (χ0) is 14.9. The van der Waals surface area contributed by atoms with Crippen LogP contribution in [-0.2, 0) is 10.7 Å². The molecule has 1 unspecified atom stereocenters. The molecule has 0 aromatic heterocycles. The van der Waals surface area contributed by atoms with Gasteiger partial charge < -0.3 is 9.84 Å². The predicted octanol–water partition coefficient (Wildman–Crippen LogP) is 3.78. The maximum Gasteiger partial charge on any atom is 0.303 e. The van der Waals surface area contributed by atoms with Gasteiger partial charge in [-0.15, -0.1) is 0 Å². The highest BCUT2D eigenvalue weighted by molar-refractivity contribution is 5.69.